The number of nitrogens with one attached hydrogen (secondary N) is 2. The Bertz CT molecular complexity index is 1040. The third-order valence-corrected chi connectivity index (χ3v) is 4.71. The van der Waals surface area contributed by atoms with E-state index in [0.717, 1.165) is 17.7 Å². The van der Waals surface area contributed by atoms with Gasteiger partial charge < -0.3 is 15.2 Å². The maximum Gasteiger partial charge on any atom is 0.243 e. The van der Waals surface area contributed by atoms with Crippen LogP contribution in [0.3, 0.4) is 0 Å². The Kier molecular flexibility index (Phi) is 6.71. The lowest BCUT2D eigenvalue weighted by molar-refractivity contribution is -0.125. The number of nitrogens with zero attached hydrogens (tertiary/aromatic N) is 3. The molecule has 2 amide bonds. The second-order valence-electron chi connectivity index (χ2n) is 7.27. The van der Waals surface area contributed by atoms with Crippen LogP contribution in [0.15, 0.2) is 43.0 Å². The average molecular weight is 415 g/mol. The second-order valence-corrected chi connectivity index (χ2v) is 7.27. The number of hydrogen-bond acceptors (Lipinski definition) is 4. The first kappa shape index (κ1) is 21.4. The van der Waals surface area contributed by atoms with Crippen molar-refractivity contribution in [3.8, 4) is 0 Å². The summed E-state index contributed by atoms with van der Waals surface area (Å²) in [6.07, 6.45) is 4.81. The van der Waals surface area contributed by atoms with Gasteiger partial charge in [-0.2, -0.15) is 0 Å². The molecule has 0 saturated heterocycles. The summed E-state index contributed by atoms with van der Waals surface area (Å²) in [5.41, 5.74) is 1.53. The van der Waals surface area contributed by atoms with Gasteiger partial charge in [0.15, 0.2) is 11.6 Å². The first-order valence-electron chi connectivity index (χ1n) is 9.61. The highest BCUT2D eigenvalue weighted by Gasteiger charge is 2.26. The van der Waals surface area contributed by atoms with Crippen LogP contribution in [0.5, 0.6) is 0 Å². The van der Waals surface area contributed by atoms with Crippen LogP contribution in [0.25, 0.3) is 11.0 Å². The normalized spacial score (nSPS) is 12.2. The van der Waals surface area contributed by atoms with Gasteiger partial charge in [0.05, 0.1) is 17.4 Å². The number of benzene rings is 1. The fraction of sp³-hybridized carbons (Fsp3) is 0.333. The third-order valence-electron chi connectivity index (χ3n) is 4.71. The largest absolute Gasteiger partial charge is 0.354 e. The average Bonchev–Trinajstić information content (AvgIpc) is 3.09. The molecule has 0 aliphatic carbocycles. The van der Waals surface area contributed by atoms with Crippen molar-refractivity contribution in [2.24, 2.45) is 5.92 Å². The zero-order valence-electron chi connectivity index (χ0n) is 16.7. The van der Waals surface area contributed by atoms with Gasteiger partial charge in [-0.3, -0.25) is 14.6 Å². The molecule has 0 aliphatic heterocycles. The first-order valence-corrected chi connectivity index (χ1v) is 9.61. The molecule has 158 valence electrons. The van der Waals surface area contributed by atoms with Crippen LogP contribution in [0, 0.1) is 17.6 Å². The number of fused-ring (bicyclic) bond motifs is 1. The Balaban J connectivity index is 1.60. The SMILES string of the molecule is CC(C)C(C(=O)NCCC(=O)NCc1ccncc1)n1cnc2cc(F)c(F)cc21. The third kappa shape index (κ3) is 4.97. The van der Waals surface area contributed by atoms with Gasteiger partial charge in [0.25, 0.3) is 0 Å². The van der Waals surface area contributed by atoms with E-state index in [4.69, 9.17) is 0 Å². The van der Waals surface area contributed by atoms with Crippen LogP contribution in [-0.4, -0.2) is 32.9 Å². The Morgan fingerprint density at radius 3 is 2.50 bits per heavy atom. The van der Waals surface area contributed by atoms with Crippen LogP contribution >= 0.6 is 0 Å². The standard InChI is InChI=1S/C21H23F2N5O2/c1-13(2)20(28-12-27-17-9-15(22)16(23)10-18(17)28)21(30)25-8-5-19(29)26-11-14-3-6-24-7-4-14/h3-4,6-7,9-10,12-13,20H,5,8,11H2,1-2H3,(H,25,30)(H,26,29). The summed E-state index contributed by atoms with van der Waals surface area (Å²) in [6, 6.07) is 4.97. The highest BCUT2D eigenvalue weighted by molar-refractivity contribution is 5.84. The molecule has 0 spiro atoms. The van der Waals surface area contributed by atoms with Gasteiger partial charge in [-0.25, -0.2) is 13.8 Å². The van der Waals surface area contributed by atoms with E-state index in [1.54, 1.807) is 24.5 Å². The van der Waals surface area contributed by atoms with Gasteiger partial charge in [-0.1, -0.05) is 13.8 Å². The molecule has 0 radical (unpaired) electrons. The molecule has 9 heteroatoms. The number of rotatable bonds is 8. The zero-order chi connectivity index (χ0) is 21.7. The highest BCUT2D eigenvalue weighted by atomic mass is 19.2. The quantitative estimate of drug-likeness (QED) is 0.592. The highest BCUT2D eigenvalue weighted by Crippen LogP contribution is 2.25. The second kappa shape index (κ2) is 9.43. The van der Waals surface area contributed by atoms with E-state index in [1.165, 1.54) is 10.9 Å². The summed E-state index contributed by atoms with van der Waals surface area (Å²) in [5.74, 6) is -2.65. The number of halogens is 2. The molecule has 2 heterocycles. The summed E-state index contributed by atoms with van der Waals surface area (Å²) in [4.78, 5) is 32.8. The van der Waals surface area contributed by atoms with Crippen LogP contribution in [0.2, 0.25) is 0 Å². The minimum atomic E-state index is -1.00. The van der Waals surface area contributed by atoms with Crippen molar-refractivity contribution in [2.75, 3.05) is 6.54 Å². The lowest BCUT2D eigenvalue weighted by atomic mass is 10.0. The van der Waals surface area contributed by atoms with Crippen molar-refractivity contribution < 1.29 is 18.4 Å². The van der Waals surface area contributed by atoms with Gasteiger partial charge in [0.1, 0.15) is 6.04 Å². The van der Waals surface area contributed by atoms with E-state index in [0.29, 0.717) is 12.1 Å². The molecule has 30 heavy (non-hydrogen) atoms. The minimum Gasteiger partial charge on any atom is -0.354 e. The molecule has 3 aromatic rings. The van der Waals surface area contributed by atoms with Gasteiger partial charge in [-0.15, -0.1) is 0 Å². The predicted octanol–water partition coefficient (Wildman–Crippen LogP) is 2.73. The van der Waals surface area contributed by atoms with Crippen LogP contribution in [-0.2, 0) is 16.1 Å². The van der Waals surface area contributed by atoms with Crippen molar-refractivity contribution >= 4 is 22.8 Å². The molecular weight excluding hydrogens is 392 g/mol. The zero-order valence-corrected chi connectivity index (χ0v) is 16.7. The lowest BCUT2D eigenvalue weighted by Gasteiger charge is -2.22. The molecule has 0 fully saturated rings. The van der Waals surface area contributed by atoms with Gasteiger partial charge >= 0.3 is 0 Å². The van der Waals surface area contributed by atoms with Crippen molar-refractivity contribution in [3.63, 3.8) is 0 Å². The fourth-order valence-electron chi connectivity index (χ4n) is 3.19. The summed E-state index contributed by atoms with van der Waals surface area (Å²) in [7, 11) is 0. The molecule has 0 aliphatic rings. The van der Waals surface area contributed by atoms with E-state index in [1.807, 2.05) is 13.8 Å². The van der Waals surface area contributed by atoms with Crippen LogP contribution in [0.1, 0.15) is 31.9 Å². The summed E-state index contributed by atoms with van der Waals surface area (Å²) < 4.78 is 28.7. The molecule has 7 nitrogen and oxygen atoms in total. The Morgan fingerprint density at radius 1 is 1.10 bits per heavy atom. The van der Waals surface area contributed by atoms with E-state index in [-0.39, 0.29) is 36.2 Å². The number of carbonyl (C=O) groups is 2. The van der Waals surface area contributed by atoms with Crippen molar-refractivity contribution in [3.05, 3.63) is 60.2 Å². The smallest absolute Gasteiger partial charge is 0.243 e. The molecule has 1 atom stereocenters. The summed E-state index contributed by atoms with van der Waals surface area (Å²) in [6.45, 7) is 4.22. The van der Waals surface area contributed by atoms with Crippen molar-refractivity contribution in [2.45, 2.75) is 32.9 Å². The number of aromatic nitrogens is 3. The van der Waals surface area contributed by atoms with Crippen LogP contribution in [0.4, 0.5) is 8.78 Å². The molecule has 0 bridgehead atoms. The van der Waals surface area contributed by atoms with Crippen LogP contribution < -0.4 is 10.6 Å². The predicted molar refractivity (Wildman–Crippen MR) is 107 cm³/mol. The number of carbonyl (C=O) groups excluding carboxylic acids is 2. The summed E-state index contributed by atoms with van der Waals surface area (Å²) >= 11 is 0. The van der Waals surface area contributed by atoms with Crippen molar-refractivity contribution in [1.82, 2.24) is 25.2 Å². The van der Waals surface area contributed by atoms with E-state index < -0.39 is 17.7 Å². The fourth-order valence-corrected chi connectivity index (χ4v) is 3.19. The molecule has 2 aromatic heterocycles. The number of imidazole rings is 1. The molecule has 3 rings (SSSR count). The molecule has 1 unspecified atom stereocenters. The van der Waals surface area contributed by atoms with Gasteiger partial charge in [0.2, 0.25) is 11.8 Å². The van der Waals surface area contributed by atoms with Crippen molar-refractivity contribution in [1.29, 1.82) is 0 Å². The lowest BCUT2D eigenvalue weighted by Crippen LogP contribution is -2.37. The molecular formula is C21H23F2N5O2. The van der Waals surface area contributed by atoms with E-state index >= 15 is 0 Å². The van der Waals surface area contributed by atoms with Gasteiger partial charge in [0, 0.05) is 44.0 Å². The minimum absolute atomic E-state index is 0.117. The molecule has 1 aromatic carbocycles. The Labute approximate surface area is 172 Å². The maximum absolute atomic E-state index is 13.7. The molecule has 0 saturated carbocycles. The number of hydrogen-bond donors (Lipinski definition) is 2. The summed E-state index contributed by atoms with van der Waals surface area (Å²) in [5, 5.41) is 5.52. The van der Waals surface area contributed by atoms with E-state index in [2.05, 4.69) is 20.6 Å². The van der Waals surface area contributed by atoms with E-state index in [9.17, 15) is 18.4 Å². The maximum atomic E-state index is 13.7. The Hall–Kier alpha value is -3.36. The Morgan fingerprint density at radius 2 is 1.80 bits per heavy atom. The number of amides is 2. The topological polar surface area (TPSA) is 88.9 Å². The van der Waals surface area contributed by atoms with Gasteiger partial charge in [-0.05, 0) is 23.6 Å². The first-order chi connectivity index (χ1) is 14.4. The molecule has 2 N–H and O–H groups in total. The monoisotopic (exact) mass is 415 g/mol. The number of pyridine rings is 1.